The van der Waals surface area contributed by atoms with Crippen molar-refractivity contribution in [3.05, 3.63) is 36.0 Å². The van der Waals surface area contributed by atoms with Crippen molar-refractivity contribution < 1.29 is 9.53 Å². The van der Waals surface area contributed by atoms with E-state index >= 15 is 0 Å². The van der Waals surface area contributed by atoms with Crippen LogP contribution in [0.5, 0.6) is 5.75 Å². The molecule has 2 fully saturated rings. The molecule has 0 bridgehead atoms. The third kappa shape index (κ3) is 3.88. The van der Waals surface area contributed by atoms with E-state index in [-0.39, 0.29) is 19.4 Å². The topological polar surface area (TPSA) is 108 Å². The monoisotopic (exact) mass is 436 g/mol. The molecule has 0 atom stereocenters. The van der Waals surface area contributed by atoms with Crippen LogP contribution in [0.15, 0.2) is 30.3 Å². The minimum absolute atomic E-state index is 0.137. The van der Waals surface area contributed by atoms with Gasteiger partial charge in [-0.3, -0.25) is 9.48 Å². The van der Waals surface area contributed by atoms with E-state index in [4.69, 9.17) is 15.6 Å². The van der Waals surface area contributed by atoms with E-state index in [9.17, 15) is 4.79 Å². The van der Waals surface area contributed by atoms with Crippen LogP contribution in [0.4, 0.5) is 17.2 Å². The van der Waals surface area contributed by atoms with Gasteiger partial charge in [0, 0.05) is 18.7 Å². The summed E-state index contributed by atoms with van der Waals surface area (Å²) in [5.41, 5.74) is 12.0. The first-order valence-corrected chi connectivity index (χ1v) is 11.9. The molecule has 3 aromatic rings. The van der Waals surface area contributed by atoms with Crippen LogP contribution in [0.3, 0.4) is 0 Å². The smallest absolute Gasteiger partial charge is 0.172 e. The lowest BCUT2D eigenvalue weighted by Gasteiger charge is -2.16. The van der Waals surface area contributed by atoms with Crippen LogP contribution in [0.1, 0.15) is 36.2 Å². The molecule has 0 radical (unpaired) electrons. The zero-order valence-electron chi connectivity index (χ0n) is 17.6. The number of nitrogens with one attached hydrogen (secondary N) is 1. The fraction of sp³-hybridized carbons (Fsp3) is 0.364. The second kappa shape index (κ2) is 7.93. The number of ether oxygens (including phenoxy) is 1. The molecule has 31 heavy (non-hydrogen) atoms. The molecule has 1 aromatic carbocycles. The predicted molar refractivity (Wildman–Crippen MR) is 123 cm³/mol. The van der Waals surface area contributed by atoms with Crippen molar-refractivity contribution in [1.29, 1.82) is 0 Å². The number of carbonyl (C=O) groups excluding carboxylic acids is 1. The van der Waals surface area contributed by atoms with Gasteiger partial charge in [-0.1, -0.05) is 6.07 Å². The molecule has 5 rings (SSSR count). The number of nitrogen functional groups attached to an aromatic ring is 1. The fourth-order valence-electron chi connectivity index (χ4n) is 4.01. The van der Waals surface area contributed by atoms with Crippen molar-refractivity contribution in [2.24, 2.45) is 7.05 Å². The number of anilines is 3. The number of benzene rings is 1. The maximum atomic E-state index is 11.4. The van der Waals surface area contributed by atoms with Crippen LogP contribution in [0, 0.1) is 0 Å². The third-order valence-corrected chi connectivity index (χ3v) is 9.27. The number of nitrogens with two attached hydrogens (primary N) is 1. The number of aryl methyl sites for hydroxylation is 1. The van der Waals surface area contributed by atoms with E-state index in [1.54, 1.807) is 13.2 Å². The molecule has 160 valence electrons. The minimum Gasteiger partial charge on any atom is -0.494 e. The standard InChI is InChI=1S/C22H25N6O2P/c1-28-21(31(13-6-7-13)14-8-9-14)11-17(27-28)15-4-3-5-16(22(15)30-2)24-18-10-20(23)26-25-19(18)12-29/h3-5,10-14H,6-9H2,1-2H3,(H3,23,24,26). The molecule has 2 saturated carbocycles. The van der Waals surface area contributed by atoms with Gasteiger partial charge >= 0.3 is 0 Å². The van der Waals surface area contributed by atoms with Gasteiger partial charge in [-0.05, 0) is 63.1 Å². The minimum atomic E-state index is -0.137. The number of rotatable bonds is 8. The predicted octanol–water partition coefficient (Wildman–Crippen LogP) is 3.46. The lowest BCUT2D eigenvalue weighted by atomic mass is 10.1. The summed E-state index contributed by atoms with van der Waals surface area (Å²) in [6, 6.07) is 9.66. The van der Waals surface area contributed by atoms with Crippen molar-refractivity contribution in [2.45, 2.75) is 37.0 Å². The molecule has 2 aromatic heterocycles. The lowest BCUT2D eigenvalue weighted by Crippen LogP contribution is -2.16. The second-order valence-corrected chi connectivity index (χ2v) is 10.8. The van der Waals surface area contributed by atoms with Crippen LogP contribution in [0.2, 0.25) is 0 Å². The maximum Gasteiger partial charge on any atom is 0.172 e. The molecule has 3 N–H and O–H groups in total. The Kier molecular flexibility index (Phi) is 5.10. The third-order valence-electron chi connectivity index (χ3n) is 5.72. The number of aromatic nitrogens is 4. The van der Waals surface area contributed by atoms with E-state index < -0.39 is 0 Å². The van der Waals surface area contributed by atoms with Crippen LogP contribution in [0.25, 0.3) is 11.3 Å². The van der Waals surface area contributed by atoms with Crippen molar-refractivity contribution in [3.8, 4) is 17.0 Å². The normalized spacial score (nSPS) is 15.8. The Morgan fingerprint density at radius 3 is 2.55 bits per heavy atom. The van der Waals surface area contributed by atoms with Gasteiger partial charge in [0.25, 0.3) is 0 Å². The highest BCUT2D eigenvalue weighted by molar-refractivity contribution is 7.67. The van der Waals surface area contributed by atoms with Gasteiger partial charge < -0.3 is 15.8 Å². The molecule has 2 aliphatic rings. The van der Waals surface area contributed by atoms with Gasteiger partial charge in [-0.25, -0.2) is 0 Å². The van der Waals surface area contributed by atoms with E-state index in [1.807, 2.05) is 18.2 Å². The number of aldehydes is 1. The molecule has 2 heterocycles. The first-order valence-electron chi connectivity index (χ1n) is 10.4. The average molecular weight is 436 g/mol. The van der Waals surface area contributed by atoms with Gasteiger partial charge in [0.05, 0.1) is 29.6 Å². The lowest BCUT2D eigenvalue weighted by molar-refractivity contribution is 0.111. The molecule has 0 aliphatic heterocycles. The average Bonchev–Trinajstić information content (AvgIpc) is 3.69. The van der Waals surface area contributed by atoms with Gasteiger partial charge in [-0.2, -0.15) is 5.10 Å². The van der Waals surface area contributed by atoms with Crippen LogP contribution in [-0.2, 0) is 7.05 Å². The molecule has 2 aliphatic carbocycles. The van der Waals surface area contributed by atoms with Crippen molar-refractivity contribution in [3.63, 3.8) is 0 Å². The molecule has 0 spiro atoms. The molecule has 0 unspecified atom stereocenters. The van der Waals surface area contributed by atoms with Gasteiger partial charge in [0.1, 0.15) is 11.5 Å². The van der Waals surface area contributed by atoms with Gasteiger partial charge in [0.15, 0.2) is 12.0 Å². The Morgan fingerprint density at radius 1 is 1.16 bits per heavy atom. The molecule has 0 saturated heterocycles. The Morgan fingerprint density at radius 2 is 1.90 bits per heavy atom. The summed E-state index contributed by atoms with van der Waals surface area (Å²) in [5.74, 6) is 0.882. The van der Waals surface area contributed by atoms with Gasteiger partial charge in [-0.15, -0.1) is 10.2 Å². The summed E-state index contributed by atoms with van der Waals surface area (Å²) < 4.78 is 7.84. The summed E-state index contributed by atoms with van der Waals surface area (Å²) in [6.07, 6.45) is 6.07. The molecule has 9 heteroatoms. The van der Waals surface area contributed by atoms with E-state index in [0.717, 1.165) is 22.6 Å². The molecule has 8 nitrogen and oxygen atoms in total. The molecule has 0 amide bonds. The zero-order chi connectivity index (χ0) is 21.5. The van der Waals surface area contributed by atoms with Crippen molar-refractivity contribution >= 4 is 36.8 Å². The highest BCUT2D eigenvalue weighted by Gasteiger charge is 2.43. The first-order chi connectivity index (χ1) is 15.1. The molecular formula is C22H25N6O2P. The summed E-state index contributed by atoms with van der Waals surface area (Å²) in [4.78, 5) is 11.4. The number of para-hydroxylation sites is 1. The summed E-state index contributed by atoms with van der Waals surface area (Å²) in [7, 11) is 3.55. The Balaban J connectivity index is 1.52. The number of nitrogens with zero attached hydrogens (tertiary/aromatic N) is 4. The number of methoxy groups -OCH3 is 1. The number of carbonyl (C=O) groups is 1. The zero-order valence-corrected chi connectivity index (χ0v) is 18.5. The summed E-state index contributed by atoms with van der Waals surface area (Å²) in [5, 5.41) is 15.7. The SMILES string of the molecule is COc1c(Nc2cc(N)nnc2C=O)cccc1-c1cc(P(C2CC2)C2CC2)n(C)n1. The number of hydrogen-bond acceptors (Lipinski definition) is 7. The largest absolute Gasteiger partial charge is 0.494 e. The van der Waals surface area contributed by atoms with Crippen molar-refractivity contribution in [2.75, 3.05) is 18.2 Å². The Bertz CT molecular complexity index is 1130. The van der Waals surface area contributed by atoms with Gasteiger partial charge in [0.2, 0.25) is 0 Å². The summed E-state index contributed by atoms with van der Waals surface area (Å²) in [6.45, 7) is 0. The highest BCUT2D eigenvalue weighted by Crippen LogP contribution is 2.63. The Labute approximate surface area is 181 Å². The van der Waals surface area contributed by atoms with E-state index in [0.29, 0.717) is 23.4 Å². The first kappa shape index (κ1) is 19.9. The number of hydrogen-bond donors (Lipinski definition) is 2. The quantitative estimate of drug-likeness (QED) is 0.411. The highest BCUT2D eigenvalue weighted by atomic mass is 31.1. The maximum absolute atomic E-state index is 11.4. The Hall–Kier alpha value is -2.99. The summed E-state index contributed by atoms with van der Waals surface area (Å²) >= 11 is 0. The van der Waals surface area contributed by atoms with Crippen molar-refractivity contribution in [1.82, 2.24) is 20.0 Å². The molecular weight excluding hydrogens is 411 g/mol. The van der Waals surface area contributed by atoms with Crippen LogP contribution >= 0.6 is 7.92 Å². The second-order valence-electron chi connectivity index (χ2n) is 8.08. The van der Waals surface area contributed by atoms with Crippen LogP contribution in [-0.4, -0.2) is 44.7 Å². The van der Waals surface area contributed by atoms with E-state index in [1.165, 1.54) is 31.1 Å². The van der Waals surface area contributed by atoms with Crippen LogP contribution < -0.4 is 21.2 Å². The fourth-order valence-corrected chi connectivity index (χ4v) is 7.42. The van der Waals surface area contributed by atoms with E-state index in [2.05, 4.69) is 33.3 Å².